The molecule has 0 radical (unpaired) electrons. The van der Waals surface area contributed by atoms with E-state index in [0.29, 0.717) is 19.5 Å². The Morgan fingerprint density at radius 3 is 2.14 bits per heavy atom. The monoisotopic (exact) mass is 290 g/mol. The number of carbonyl (C=O) groups excluding carboxylic acids is 2. The van der Waals surface area contributed by atoms with Crippen LogP contribution in [0, 0.1) is 5.92 Å². The van der Waals surface area contributed by atoms with E-state index in [-0.39, 0.29) is 17.7 Å². The number of carbonyl (C=O) groups is 2. The Balaban J connectivity index is 2.70. The second-order valence-electron chi connectivity index (χ2n) is 5.46. The van der Waals surface area contributed by atoms with Crippen LogP contribution in [0.15, 0.2) is 30.3 Å². The maximum absolute atomic E-state index is 12.4. The molecule has 4 heteroatoms. The average Bonchev–Trinajstić information content (AvgIpc) is 2.46. The molecule has 4 nitrogen and oxygen atoms in total. The minimum atomic E-state index is -0.457. The molecule has 0 aliphatic rings. The quantitative estimate of drug-likeness (QED) is 0.837. The summed E-state index contributed by atoms with van der Waals surface area (Å²) < 4.78 is 0. The van der Waals surface area contributed by atoms with Gasteiger partial charge >= 0.3 is 0 Å². The van der Waals surface area contributed by atoms with Crippen LogP contribution >= 0.6 is 0 Å². The molecule has 0 aromatic heterocycles. The van der Waals surface area contributed by atoms with Gasteiger partial charge in [0.1, 0.15) is 6.04 Å². The van der Waals surface area contributed by atoms with Crippen LogP contribution in [-0.4, -0.2) is 35.8 Å². The summed E-state index contributed by atoms with van der Waals surface area (Å²) in [6, 6.07) is 9.10. The average molecular weight is 290 g/mol. The Hall–Kier alpha value is -1.84. The molecule has 2 amide bonds. The summed E-state index contributed by atoms with van der Waals surface area (Å²) in [5.41, 5.74) is 0.952. The van der Waals surface area contributed by atoms with Crippen LogP contribution in [0.2, 0.25) is 0 Å². The number of nitrogens with zero attached hydrogens (tertiary/aromatic N) is 1. The van der Waals surface area contributed by atoms with Gasteiger partial charge in [0, 0.05) is 13.1 Å². The molecule has 1 rings (SSSR count). The van der Waals surface area contributed by atoms with Gasteiger partial charge in [-0.25, -0.2) is 0 Å². The molecule has 0 fully saturated rings. The molecule has 0 aliphatic carbocycles. The first-order valence-corrected chi connectivity index (χ1v) is 7.61. The van der Waals surface area contributed by atoms with Crippen molar-refractivity contribution < 1.29 is 9.59 Å². The SMILES string of the molecule is CCN(CC)C(=O)C(NC(=O)Cc1ccccc1)C(C)C. The third kappa shape index (κ3) is 5.21. The second kappa shape index (κ2) is 8.45. The van der Waals surface area contributed by atoms with E-state index in [1.165, 1.54) is 0 Å². The summed E-state index contributed by atoms with van der Waals surface area (Å²) in [5, 5.41) is 2.88. The van der Waals surface area contributed by atoms with Crippen LogP contribution in [0.1, 0.15) is 33.3 Å². The van der Waals surface area contributed by atoms with Crippen molar-refractivity contribution in [1.29, 1.82) is 0 Å². The molecule has 1 aromatic rings. The van der Waals surface area contributed by atoms with Crippen molar-refractivity contribution >= 4 is 11.8 Å². The van der Waals surface area contributed by atoms with Gasteiger partial charge in [-0.05, 0) is 25.3 Å². The molecule has 21 heavy (non-hydrogen) atoms. The van der Waals surface area contributed by atoms with Crippen LogP contribution < -0.4 is 5.32 Å². The summed E-state index contributed by atoms with van der Waals surface area (Å²) in [6.07, 6.45) is 0.301. The van der Waals surface area contributed by atoms with Gasteiger partial charge in [0.15, 0.2) is 0 Å². The first-order chi connectivity index (χ1) is 9.99. The Labute approximate surface area is 127 Å². The minimum absolute atomic E-state index is 0.00332. The number of amides is 2. The second-order valence-corrected chi connectivity index (χ2v) is 5.46. The standard InChI is InChI=1S/C17H26N2O2/c1-5-19(6-2)17(21)16(13(3)4)18-15(20)12-14-10-8-7-9-11-14/h7-11,13,16H,5-6,12H2,1-4H3,(H,18,20). The molecule has 1 N–H and O–H groups in total. The zero-order chi connectivity index (χ0) is 15.8. The van der Waals surface area contributed by atoms with E-state index in [4.69, 9.17) is 0 Å². The predicted molar refractivity (Wildman–Crippen MR) is 84.8 cm³/mol. The molecule has 0 spiro atoms. The van der Waals surface area contributed by atoms with Crippen molar-refractivity contribution in [2.75, 3.05) is 13.1 Å². The number of rotatable bonds is 7. The van der Waals surface area contributed by atoms with E-state index in [1.54, 1.807) is 4.90 Å². The Bertz CT molecular complexity index is 453. The van der Waals surface area contributed by atoms with Gasteiger partial charge in [-0.2, -0.15) is 0 Å². The lowest BCUT2D eigenvalue weighted by atomic mass is 10.0. The molecule has 0 aliphatic heterocycles. The molecular formula is C17H26N2O2. The maximum Gasteiger partial charge on any atom is 0.245 e. The van der Waals surface area contributed by atoms with Crippen molar-refractivity contribution in [2.45, 2.75) is 40.2 Å². The van der Waals surface area contributed by atoms with Gasteiger partial charge in [-0.15, -0.1) is 0 Å². The van der Waals surface area contributed by atoms with Gasteiger partial charge in [0.2, 0.25) is 11.8 Å². The van der Waals surface area contributed by atoms with Gasteiger partial charge in [-0.3, -0.25) is 9.59 Å². The molecular weight excluding hydrogens is 264 g/mol. The lowest BCUT2D eigenvalue weighted by molar-refractivity contribution is -0.137. The molecule has 0 saturated heterocycles. The zero-order valence-electron chi connectivity index (χ0n) is 13.4. The number of likely N-dealkylation sites (N-methyl/N-ethyl adjacent to an activating group) is 1. The topological polar surface area (TPSA) is 49.4 Å². The van der Waals surface area contributed by atoms with E-state index in [9.17, 15) is 9.59 Å². The van der Waals surface area contributed by atoms with Gasteiger partial charge in [0.25, 0.3) is 0 Å². The minimum Gasteiger partial charge on any atom is -0.344 e. The van der Waals surface area contributed by atoms with Crippen LogP contribution in [0.4, 0.5) is 0 Å². The highest BCUT2D eigenvalue weighted by molar-refractivity contribution is 5.88. The summed E-state index contributed by atoms with van der Waals surface area (Å²) in [6.45, 7) is 9.12. The van der Waals surface area contributed by atoms with Crippen molar-refractivity contribution in [3.05, 3.63) is 35.9 Å². The summed E-state index contributed by atoms with van der Waals surface area (Å²) in [5.74, 6) is -0.0466. The van der Waals surface area contributed by atoms with E-state index in [1.807, 2.05) is 58.0 Å². The smallest absolute Gasteiger partial charge is 0.245 e. The summed E-state index contributed by atoms with van der Waals surface area (Å²) in [7, 11) is 0. The van der Waals surface area contributed by atoms with Crippen LogP contribution in [0.25, 0.3) is 0 Å². The van der Waals surface area contributed by atoms with E-state index < -0.39 is 6.04 Å². The number of hydrogen-bond acceptors (Lipinski definition) is 2. The lowest BCUT2D eigenvalue weighted by Crippen LogP contribution is -2.51. The van der Waals surface area contributed by atoms with Crippen molar-refractivity contribution in [3.8, 4) is 0 Å². The largest absolute Gasteiger partial charge is 0.344 e. The first kappa shape index (κ1) is 17.2. The fourth-order valence-corrected chi connectivity index (χ4v) is 2.25. The molecule has 1 atom stereocenters. The predicted octanol–water partition coefficient (Wildman–Crippen LogP) is 2.24. The number of benzene rings is 1. The van der Waals surface area contributed by atoms with Gasteiger partial charge in [-0.1, -0.05) is 44.2 Å². The van der Waals surface area contributed by atoms with Crippen LogP contribution in [0.3, 0.4) is 0 Å². The Kier molecular flexibility index (Phi) is 6.92. The fraction of sp³-hybridized carbons (Fsp3) is 0.529. The van der Waals surface area contributed by atoms with Crippen LogP contribution in [0.5, 0.6) is 0 Å². The molecule has 1 aromatic carbocycles. The summed E-state index contributed by atoms with van der Waals surface area (Å²) in [4.78, 5) is 26.4. The fourth-order valence-electron chi connectivity index (χ4n) is 2.25. The van der Waals surface area contributed by atoms with E-state index >= 15 is 0 Å². The van der Waals surface area contributed by atoms with Crippen molar-refractivity contribution in [2.24, 2.45) is 5.92 Å². The molecule has 116 valence electrons. The maximum atomic E-state index is 12.4. The molecule has 0 bridgehead atoms. The molecule has 0 saturated carbocycles. The molecule has 1 unspecified atom stereocenters. The Morgan fingerprint density at radius 1 is 1.10 bits per heavy atom. The number of nitrogens with one attached hydrogen (secondary N) is 1. The van der Waals surface area contributed by atoms with Crippen molar-refractivity contribution in [1.82, 2.24) is 10.2 Å². The van der Waals surface area contributed by atoms with Crippen LogP contribution in [-0.2, 0) is 16.0 Å². The molecule has 0 heterocycles. The normalized spacial score (nSPS) is 12.0. The van der Waals surface area contributed by atoms with Crippen molar-refractivity contribution in [3.63, 3.8) is 0 Å². The highest BCUT2D eigenvalue weighted by Crippen LogP contribution is 2.08. The van der Waals surface area contributed by atoms with Gasteiger partial charge in [0.05, 0.1) is 6.42 Å². The van der Waals surface area contributed by atoms with E-state index in [2.05, 4.69) is 5.32 Å². The highest BCUT2D eigenvalue weighted by atomic mass is 16.2. The zero-order valence-corrected chi connectivity index (χ0v) is 13.4. The first-order valence-electron chi connectivity index (χ1n) is 7.61. The highest BCUT2D eigenvalue weighted by Gasteiger charge is 2.27. The van der Waals surface area contributed by atoms with E-state index in [0.717, 1.165) is 5.56 Å². The Morgan fingerprint density at radius 2 is 1.67 bits per heavy atom. The lowest BCUT2D eigenvalue weighted by Gasteiger charge is -2.28. The third-order valence-corrected chi connectivity index (χ3v) is 3.53. The van der Waals surface area contributed by atoms with Gasteiger partial charge < -0.3 is 10.2 Å². The number of hydrogen-bond donors (Lipinski definition) is 1. The summed E-state index contributed by atoms with van der Waals surface area (Å²) >= 11 is 0. The third-order valence-electron chi connectivity index (χ3n) is 3.53.